The first-order chi connectivity index (χ1) is 13.9. The number of fused-ring (bicyclic) bond motifs is 1. The Morgan fingerprint density at radius 3 is 2.38 bits per heavy atom. The average molecular weight is 400 g/mol. The van der Waals surface area contributed by atoms with Crippen LogP contribution in [-0.4, -0.2) is 47.8 Å². The maximum atomic E-state index is 12.5. The van der Waals surface area contributed by atoms with Crippen LogP contribution < -0.4 is 10.1 Å². The van der Waals surface area contributed by atoms with Crippen LogP contribution in [0.15, 0.2) is 36.4 Å². The van der Waals surface area contributed by atoms with Crippen LogP contribution in [-0.2, 0) is 23.9 Å². The van der Waals surface area contributed by atoms with Crippen LogP contribution in [0.5, 0.6) is 5.75 Å². The first-order valence-corrected chi connectivity index (χ1v) is 9.64. The predicted octanol–water partition coefficient (Wildman–Crippen LogP) is 1.91. The van der Waals surface area contributed by atoms with Crippen molar-refractivity contribution in [2.75, 3.05) is 18.5 Å². The number of allylic oxidation sites excluding steroid dienone is 2. The van der Waals surface area contributed by atoms with E-state index in [0.717, 1.165) is 4.90 Å². The molecule has 1 aromatic carbocycles. The molecule has 154 valence electrons. The lowest BCUT2D eigenvalue weighted by Crippen LogP contribution is -2.45. The van der Waals surface area contributed by atoms with Gasteiger partial charge in [0.2, 0.25) is 11.8 Å². The van der Waals surface area contributed by atoms with Gasteiger partial charge in [0.05, 0.1) is 24.1 Å². The number of nitrogens with zero attached hydrogens (tertiary/aromatic N) is 1. The van der Waals surface area contributed by atoms with Gasteiger partial charge < -0.3 is 14.8 Å². The number of hydrogen-bond acceptors (Lipinski definition) is 6. The number of carbonyl (C=O) groups is 4. The Morgan fingerprint density at radius 2 is 1.76 bits per heavy atom. The zero-order chi connectivity index (χ0) is 21.0. The molecular weight excluding hydrogens is 376 g/mol. The van der Waals surface area contributed by atoms with Crippen molar-refractivity contribution in [3.63, 3.8) is 0 Å². The van der Waals surface area contributed by atoms with Gasteiger partial charge in [-0.2, -0.15) is 0 Å². The molecule has 1 saturated heterocycles. The zero-order valence-electron chi connectivity index (χ0n) is 16.4. The SMILES string of the molecule is CCOc1ccccc1NC(=O)COC(=O)[C@H](C)N1C(=O)[C@@H]2CC=CC[C@H]2C1=O. The van der Waals surface area contributed by atoms with E-state index in [-0.39, 0.29) is 11.8 Å². The standard InChI is InChI=1S/C21H24N2O6/c1-3-28-17-11-7-6-10-16(17)22-18(24)12-29-21(27)13(2)23-19(25)14-8-4-5-9-15(14)20(23)26/h4-7,10-11,13-15H,3,8-9,12H2,1-2H3,(H,22,24)/t13-,14+,15+/m0/s1. The molecule has 8 nitrogen and oxygen atoms in total. The Hall–Kier alpha value is -3.16. The molecular formula is C21H24N2O6. The van der Waals surface area contributed by atoms with Crippen molar-refractivity contribution in [2.45, 2.75) is 32.7 Å². The molecule has 1 fully saturated rings. The molecule has 0 spiro atoms. The third-order valence-corrected chi connectivity index (χ3v) is 5.08. The number of amides is 3. The molecule has 0 unspecified atom stereocenters. The van der Waals surface area contributed by atoms with Crippen LogP contribution in [0.2, 0.25) is 0 Å². The van der Waals surface area contributed by atoms with Crippen LogP contribution >= 0.6 is 0 Å². The monoisotopic (exact) mass is 400 g/mol. The lowest BCUT2D eigenvalue weighted by atomic mass is 9.85. The maximum absolute atomic E-state index is 12.5. The summed E-state index contributed by atoms with van der Waals surface area (Å²) in [5, 5.41) is 2.62. The molecule has 29 heavy (non-hydrogen) atoms. The third-order valence-electron chi connectivity index (χ3n) is 5.08. The summed E-state index contributed by atoms with van der Waals surface area (Å²) < 4.78 is 10.5. The second-order valence-corrected chi connectivity index (χ2v) is 6.96. The van der Waals surface area contributed by atoms with Crippen LogP contribution in [0.25, 0.3) is 0 Å². The van der Waals surface area contributed by atoms with Crippen molar-refractivity contribution >= 4 is 29.4 Å². The Balaban J connectivity index is 1.56. The minimum atomic E-state index is -1.08. The summed E-state index contributed by atoms with van der Waals surface area (Å²) in [6.07, 6.45) is 4.75. The van der Waals surface area contributed by atoms with E-state index < -0.39 is 36.4 Å². The van der Waals surface area contributed by atoms with E-state index in [1.165, 1.54) is 6.92 Å². The second kappa shape index (κ2) is 8.89. The number of carbonyl (C=O) groups excluding carboxylic acids is 4. The highest BCUT2D eigenvalue weighted by Crippen LogP contribution is 2.36. The molecule has 3 atom stereocenters. The molecule has 1 aliphatic carbocycles. The summed E-state index contributed by atoms with van der Waals surface area (Å²) in [6, 6.07) is 5.82. The molecule has 3 rings (SSSR count). The molecule has 0 radical (unpaired) electrons. The number of imide groups is 1. The predicted molar refractivity (Wildman–Crippen MR) is 104 cm³/mol. The topological polar surface area (TPSA) is 102 Å². The van der Waals surface area contributed by atoms with E-state index in [2.05, 4.69) is 5.32 Å². The van der Waals surface area contributed by atoms with Gasteiger partial charge >= 0.3 is 5.97 Å². The number of para-hydroxylation sites is 2. The number of esters is 1. The lowest BCUT2D eigenvalue weighted by Gasteiger charge is -2.21. The highest BCUT2D eigenvalue weighted by Gasteiger charge is 2.50. The fourth-order valence-electron chi connectivity index (χ4n) is 3.61. The molecule has 0 saturated carbocycles. The van der Waals surface area contributed by atoms with E-state index in [1.54, 1.807) is 24.3 Å². The molecule has 1 heterocycles. The van der Waals surface area contributed by atoms with Gasteiger partial charge in [0.1, 0.15) is 11.8 Å². The van der Waals surface area contributed by atoms with Gasteiger partial charge in [0.25, 0.3) is 5.91 Å². The van der Waals surface area contributed by atoms with E-state index >= 15 is 0 Å². The number of anilines is 1. The summed E-state index contributed by atoms with van der Waals surface area (Å²) in [5.74, 6) is -2.39. The molecule has 3 amide bonds. The minimum absolute atomic E-state index is 0.358. The Bertz CT molecular complexity index is 823. The quantitative estimate of drug-likeness (QED) is 0.426. The van der Waals surface area contributed by atoms with Crippen molar-refractivity contribution in [3.05, 3.63) is 36.4 Å². The fraction of sp³-hybridized carbons (Fsp3) is 0.429. The number of nitrogens with one attached hydrogen (secondary N) is 1. The number of ether oxygens (including phenoxy) is 2. The number of hydrogen-bond donors (Lipinski definition) is 1. The van der Waals surface area contributed by atoms with Gasteiger partial charge in [-0.25, -0.2) is 4.79 Å². The van der Waals surface area contributed by atoms with Crippen molar-refractivity contribution < 1.29 is 28.7 Å². The smallest absolute Gasteiger partial charge is 0.329 e. The maximum Gasteiger partial charge on any atom is 0.329 e. The molecule has 1 aliphatic heterocycles. The van der Waals surface area contributed by atoms with Crippen molar-refractivity contribution in [2.24, 2.45) is 11.8 Å². The molecule has 1 aromatic rings. The van der Waals surface area contributed by atoms with E-state index in [0.29, 0.717) is 30.9 Å². The third kappa shape index (κ3) is 4.31. The first-order valence-electron chi connectivity index (χ1n) is 9.64. The van der Waals surface area contributed by atoms with E-state index in [1.807, 2.05) is 19.1 Å². The second-order valence-electron chi connectivity index (χ2n) is 6.96. The van der Waals surface area contributed by atoms with Crippen LogP contribution in [0, 0.1) is 11.8 Å². The summed E-state index contributed by atoms with van der Waals surface area (Å²) in [4.78, 5) is 50.6. The highest BCUT2D eigenvalue weighted by molar-refractivity contribution is 6.08. The number of rotatable bonds is 7. The van der Waals surface area contributed by atoms with Gasteiger partial charge in [-0.3, -0.25) is 19.3 Å². The van der Waals surface area contributed by atoms with E-state index in [9.17, 15) is 19.2 Å². The number of benzene rings is 1. The molecule has 0 bridgehead atoms. The normalized spacial score (nSPS) is 21.5. The van der Waals surface area contributed by atoms with E-state index in [4.69, 9.17) is 9.47 Å². The molecule has 8 heteroatoms. The van der Waals surface area contributed by atoms with Gasteiger partial charge in [-0.05, 0) is 38.8 Å². The highest BCUT2D eigenvalue weighted by atomic mass is 16.5. The zero-order valence-corrected chi connectivity index (χ0v) is 16.4. The van der Waals surface area contributed by atoms with Gasteiger partial charge in [-0.15, -0.1) is 0 Å². The molecule has 1 N–H and O–H groups in total. The summed E-state index contributed by atoms with van der Waals surface area (Å²) in [7, 11) is 0. The van der Waals surface area contributed by atoms with Crippen LogP contribution in [0.3, 0.4) is 0 Å². The Kier molecular flexibility index (Phi) is 6.31. The largest absolute Gasteiger partial charge is 0.492 e. The summed E-state index contributed by atoms with van der Waals surface area (Å²) in [5.41, 5.74) is 0.463. The van der Waals surface area contributed by atoms with Crippen LogP contribution in [0.1, 0.15) is 26.7 Å². The van der Waals surface area contributed by atoms with Gasteiger partial charge in [0.15, 0.2) is 6.61 Å². The van der Waals surface area contributed by atoms with Crippen LogP contribution in [0.4, 0.5) is 5.69 Å². The average Bonchev–Trinajstić information content (AvgIpc) is 2.98. The van der Waals surface area contributed by atoms with Gasteiger partial charge in [0, 0.05) is 0 Å². The van der Waals surface area contributed by atoms with Crippen molar-refractivity contribution in [1.82, 2.24) is 4.90 Å². The summed E-state index contributed by atoms with van der Waals surface area (Å²) in [6.45, 7) is 3.17. The lowest BCUT2D eigenvalue weighted by molar-refractivity contribution is -0.159. The molecule has 0 aromatic heterocycles. The first kappa shape index (κ1) is 20.6. The molecule has 2 aliphatic rings. The summed E-state index contributed by atoms with van der Waals surface area (Å²) >= 11 is 0. The fourth-order valence-corrected chi connectivity index (χ4v) is 3.61. The Morgan fingerprint density at radius 1 is 1.14 bits per heavy atom. The van der Waals surface area contributed by atoms with Crippen molar-refractivity contribution in [1.29, 1.82) is 0 Å². The minimum Gasteiger partial charge on any atom is -0.492 e. The number of likely N-dealkylation sites (tertiary alicyclic amines) is 1. The van der Waals surface area contributed by atoms with Gasteiger partial charge in [-0.1, -0.05) is 24.3 Å². The Labute approximate surface area is 168 Å². The van der Waals surface area contributed by atoms with Crippen molar-refractivity contribution in [3.8, 4) is 5.75 Å².